The van der Waals surface area contributed by atoms with E-state index in [0.29, 0.717) is 43.7 Å². The van der Waals surface area contributed by atoms with Crippen LogP contribution in [0.2, 0.25) is 0 Å². The van der Waals surface area contributed by atoms with E-state index in [-0.39, 0.29) is 0 Å². The molecule has 0 unspecified atom stereocenters. The number of aliphatic hydroxyl groups is 1. The van der Waals surface area contributed by atoms with Crippen molar-refractivity contribution >= 4 is 23.7 Å². The molecular formula is C19H20N6O3. The molecule has 1 saturated carbocycles. The van der Waals surface area contributed by atoms with Crippen LogP contribution in [0.15, 0.2) is 30.9 Å². The van der Waals surface area contributed by atoms with Crippen LogP contribution in [0.5, 0.6) is 0 Å². The first-order valence-electron chi connectivity index (χ1n) is 9.23. The summed E-state index contributed by atoms with van der Waals surface area (Å²) in [5, 5.41) is 16.5. The van der Waals surface area contributed by atoms with Crippen molar-refractivity contribution < 1.29 is 14.6 Å². The summed E-state index contributed by atoms with van der Waals surface area (Å²) in [7, 11) is 0. The Labute approximate surface area is 160 Å². The number of nitrogens with one attached hydrogen (secondary N) is 2. The SMILES string of the molecule is O=CNc1cc(NCc2cn3cc(C4CC4)cc(C4(O)COC4)c3n2)ncn1. The summed E-state index contributed by atoms with van der Waals surface area (Å²) in [6, 6.07) is 3.73. The van der Waals surface area contributed by atoms with Gasteiger partial charge in [-0.2, -0.15) is 0 Å². The van der Waals surface area contributed by atoms with Crippen molar-refractivity contribution in [3.8, 4) is 0 Å². The molecule has 1 aliphatic heterocycles. The number of imidazole rings is 1. The van der Waals surface area contributed by atoms with E-state index in [1.165, 1.54) is 24.7 Å². The van der Waals surface area contributed by atoms with Crippen molar-refractivity contribution in [2.24, 2.45) is 0 Å². The van der Waals surface area contributed by atoms with Crippen LogP contribution in [0.25, 0.3) is 5.65 Å². The first-order chi connectivity index (χ1) is 13.6. The van der Waals surface area contributed by atoms with Gasteiger partial charge in [-0.05, 0) is 30.4 Å². The molecule has 0 atom stereocenters. The molecule has 1 saturated heterocycles. The average Bonchev–Trinajstić information content (AvgIpc) is 3.44. The summed E-state index contributed by atoms with van der Waals surface area (Å²) in [5.41, 5.74) is 2.66. The van der Waals surface area contributed by atoms with Crippen LogP contribution in [-0.4, -0.2) is 44.1 Å². The Morgan fingerprint density at radius 1 is 1.25 bits per heavy atom. The predicted molar refractivity (Wildman–Crippen MR) is 101 cm³/mol. The maximum atomic E-state index is 10.9. The summed E-state index contributed by atoms with van der Waals surface area (Å²) in [4.78, 5) is 23.4. The number of rotatable bonds is 7. The van der Waals surface area contributed by atoms with Gasteiger partial charge in [0.05, 0.1) is 25.5 Å². The predicted octanol–water partition coefficient (Wildman–Crippen LogP) is 1.40. The van der Waals surface area contributed by atoms with Crippen LogP contribution in [0.1, 0.15) is 35.6 Å². The molecule has 1 amide bonds. The van der Waals surface area contributed by atoms with E-state index >= 15 is 0 Å². The summed E-state index contributed by atoms with van der Waals surface area (Å²) in [6.45, 7) is 1.04. The highest BCUT2D eigenvalue weighted by atomic mass is 16.5. The average molecular weight is 380 g/mol. The molecule has 9 heteroatoms. The first kappa shape index (κ1) is 17.1. The highest BCUT2D eigenvalue weighted by Gasteiger charge is 2.41. The van der Waals surface area contributed by atoms with Gasteiger partial charge in [0.2, 0.25) is 6.41 Å². The number of anilines is 2. The van der Waals surface area contributed by atoms with Gasteiger partial charge in [-0.15, -0.1) is 0 Å². The largest absolute Gasteiger partial charge is 0.380 e. The van der Waals surface area contributed by atoms with E-state index in [9.17, 15) is 9.90 Å². The van der Waals surface area contributed by atoms with Crippen molar-refractivity contribution in [1.29, 1.82) is 0 Å². The molecule has 9 nitrogen and oxygen atoms in total. The highest BCUT2D eigenvalue weighted by Crippen LogP contribution is 2.42. The molecule has 3 N–H and O–H groups in total. The van der Waals surface area contributed by atoms with Crippen molar-refractivity contribution in [2.75, 3.05) is 23.8 Å². The normalized spacial score (nSPS) is 17.9. The molecule has 3 aromatic rings. The number of aromatic nitrogens is 4. The maximum Gasteiger partial charge on any atom is 0.212 e. The molecular weight excluding hydrogens is 360 g/mol. The minimum absolute atomic E-state index is 0.296. The molecule has 5 rings (SSSR count). The van der Waals surface area contributed by atoms with Gasteiger partial charge >= 0.3 is 0 Å². The van der Waals surface area contributed by atoms with Gasteiger partial charge in [-0.3, -0.25) is 4.79 Å². The van der Waals surface area contributed by atoms with Crippen molar-refractivity contribution in [3.05, 3.63) is 47.7 Å². The number of amides is 1. The van der Waals surface area contributed by atoms with E-state index in [4.69, 9.17) is 9.72 Å². The molecule has 0 radical (unpaired) electrons. The zero-order valence-corrected chi connectivity index (χ0v) is 15.1. The van der Waals surface area contributed by atoms with Crippen molar-refractivity contribution in [1.82, 2.24) is 19.4 Å². The van der Waals surface area contributed by atoms with Gasteiger partial charge < -0.3 is 24.9 Å². The molecule has 144 valence electrons. The molecule has 0 bridgehead atoms. The van der Waals surface area contributed by atoms with E-state index in [0.717, 1.165) is 16.9 Å². The number of hydrogen-bond acceptors (Lipinski definition) is 7. The number of hydrogen-bond donors (Lipinski definition) is 3. The topological polar surface area (TPSA) is 114 Å². The highest BCUT2D eigenvalue weighted by molar-refractivity contribution is 5.69. The first-order valence-corrected chi connectivity index (χ1v) is 9.23. The van der Waals surface area contributed by atoms with Crippen molar-refractivity contribution in [3.63, 3.8) is 0 Å². The van der Waals surface area contributed by atoms with Gasteiger partial charge in [0, 0.05) is 24.0 Å². The fourth-order valence-corrected chi connectivity index (χ4v) is 3.46. The van der Waals surface area contributed by atoms with E-state index in [2.05, 4.69) is 32.9 Å². The van der Waals surface area contributed by atoms with Gasteiger partial charge in [0.15, 0.2) is 0 Å². The Kier molecular flexibility index (Phi) is 3.99. The quantitative estimate of drug-likeness (QED) is 0.531. The molecule has 3 aromatic heterocycles. The molecule has 0 spiro atoms. The van der Waals surface area contributed by atoms with Gasteiger partial charge in [0.1, 0.15) is 29.2 Å². The Morgan fingerprint density at radius 3 is 2.79 bits per heavy atom. The maximum absolute atomic E-state index is 10.9. The third kappa shape index (κ3) is 3.08. The van der Waals surface area contributed by atoms with Gasteiger partial charge in [-0.25, -0.2) is 15.0 Å². The van der Waals surface area contributed by atoms with Crippen LogP contribution < -0.4 is 10.6 Å². The number of nitrogens with zero attached hydrogens (tertiary/aromatic N) is 4. The lowest BCUT2D eigenvalue weighted by Crippen LogP contribution is -2.46. The second-order valence-electron chi connectivity index (χ2n) is 7.35. The minimum atomic E-state index is -0.968. The number of ether oxygens (including phenoxy) is 1. The fourth-order valence-electron chi connectivity index (χ4n) is 3.46. The minimum Gasteiger partial charge on any atom is -0.380 e. The fraction of sp³-hybridized carbons (Fsp3) is 0.368. The lowest BCUT2D eigenvalue weighted by molar-refractivity contribution is -0.184. The second kappa shape index (κ2) is 6.54. The number of pyridine rings is 1. The Bertz CT molecular complexity index is 1040. The summed E-state index contributed by atoms with van der Waals surface area (Å²) >= 11 is 0. The van der Waals surface area contributed by atoms with Crippen LogP contribution in [0, 0.1) is 0 Å². The second-order valence-corrected chi connectivity index (χ2v) is 7.35. The molecule has 4 heterocycles. The number of fused-ring (bicyclic) bond motifs is 1. The lowest BCUT2D eigenvalue weighted by Gasteiger charge is -2.37. The van der Waals surface area contributed by atoms with Gasteiger partial charge in [-0.1, -0.05) is 0 Å². The molecule has 1 aliphatic carbocycles. The molecule has 2 fully saturated rings. The zero-order valence-electron chi connectivity index (χ0n) is 15.1. The Hall–Kier alpha value is -3.04. The third-order valence-electron chi connectivity index (χ3n) is 5.18. The van der Waals surface area contributed by atoms with Crippen LogP contribution in [0.3, 0.4) is 0 Å². The molecule has 2 aliphatic rings. The zero-order chi connectivity index (χ0) is 19.1. The Morgan fingerprint density at radius 2 is 2.07 bits per heavy atom. The third-order valence-corrected chi connectivity index (χ3v) is 5.18. The summed E-state index contributed by atoms with van der Waals surface area (Å²) in [6.07, 6.45) is 8.40. The van der Waals surface area contributed by atoms with E-state index in [1.807, 2.05) is 10.6 Å². The van der Waals surface area contributed by atoms with Crippen LogP contribution in [0.4, 0.5) is 11.6 Å². The number of carbonyl (C=O) groups excluding carboxylic acids is 1. The molecule has 28 heavy (non-hydrogen) atoms. The van der Waals surface area contributed by atoms with Crippen LogP contribution >= 0.6 is 0 Å². The smallest absolute Gasteiger partial charge is 0.212 e. The standard InChI is InChI=1S/C19H20N6O3/c26-11-23-17-4-16(21-10-22-17)20-5-14-7-25-6-13(12-1-2-12)3-15(18(25)24-14)19(27)8-28-9-19/h3-4,6-7,10-12,27H,1-2,5,8-9H2,(H2,20,21,22,23,26). The van der Waals surface area contributed by atoms with E-state index < -0.39 is 5.60 Å². The van der Waals surface area contributed by atoms with Gasteiger partial charge in [0.25, 0.3) is 0 Å². The van der Waals surface area contributed by atoms with Crippen molar-refractivity contribution in [2.45, 2.75) is 30.9 Å². The summed E-state index contributed by atoms with van der Waals surface area (Å²) in [5.74, 6) is 1.58. The van der Waals surface area contributed by atoms with Crippen LogP contribution in [-0.2, 0) is 21.7 Å². The molecule has 0 aromatic carbocycles. The number of carbonyl (C=O) groups is 1. The van der Waals surface area contributed by atoms with E-state index in [1.54, 1.807) is 6.07 Å². The Balaban J connectivity index is 1.43. The summed E-state index contributed by atoms with van der Waals surface area (Å²) < 4.78 is 7.25. The monoisotopic (exact) mass is 380 g/mol. The lowest BCUT2D eigenvalue weighted by atomic mass is 9.91.